The highest BCUT2D eigenvalue weighted by Crippen LogP contribution is 2.38. The van der Waals surface area contributed by atoms with Gasteiger partial charge in [0.1, 0.15) is 4.21 Å². The summed E-state index contributed by atoms with van der Waals surface area (Å²) in [5.41, 5.74) is 0.713. The minimum atomic E-state index is -3.43. The molecule has 0 aliphatic carbocycles. The summed E-state index contributed by atoms with van der Waals surface area (Å²) in [6.45, 7) is 1.41. The van der Waals surface area contributed by atoms with E-state index in [0.29, 0.717) is 40.1 Å². The number of nitrogens with zero attached hydrogens (tertiary/aromatic N) is 1. The molecule has 1 N–H and O–H groups in total. The van der Waals surface area contributed by atoms with Crippen LogP contribution < -0.4 is 19.5 Å². The van der Waals surface area contributed by atoms with Gasteiger partial charge < -0.3 is 19.5 Å². The van der Waals surface area contributed by atoms with Crippen molar-refractivity contribution < 1.29 is 27.4 Å². The van der Waals surface area contributed by atoms with Gasteiger partial charge in [-0.15, -0.1) is 11.3 Å². The van der Waals surface area contributed by atoms with Crippen LogP contribution in [0, 0.1) is 0 Å². The maximum atomic E-state index is 12.6. The lowest BCUT2D eigenvalue weighted by atomic mass is 10.1. The van der Waals surface area contributed by atoms with Crippen molar-refractivity contribution in [2.75, 3.05) is 34.4 Å². The van der Waals surface area contributed by atoms with Gasteiger partial charge in [0.2, 0.25) is 11.7 Å². The van der Waals surface area contributed by atoms with E-state index in [1.807, 2.05) is 0 Å². The van der Waals surface area contributed by atoms with Gasteiger partial charge in [-0.05, 0) is 42.7 Å². The number of ether oxygens (including phenoxy) is 3. The Morgan fingerprint density at radius 3 is 2.27 bits per heavy atom. The predicted molar refractivity (Wildman–Crippen MR) is 114 cm³/mol. The molecule has 1 saturated heterocycles. The van der Waals surface area contributed by atoms with E-state index in [1.54, 1.807) is 24.3 Å². The lowest BCUT2D eigenvalue weighted by Gasteiger charge is -2.14. The molecule has 1 amide bonds. The maximum absolute atomic E-state index is 12.6. The lowest BCUT2D eigenvalue weighted by Crippen LogP contribution is -2.27. The topological polar surface area (TPSA) is 94.2 Å². The average molecular weight is 455 g/mol. The van der Waals surface area contributed by atoms with Crippen LogP contribution in [0.1, 0.15) is 23.3 Å². The summed E-state index contributed by atoms with van der Waals surface area (Å²) < 4.78 is 43.0. The Bertz CT molecular complexity index is 971. The standard InChI is InChI=1S/C20H26N2O6S2/c1-26-16-10-14(11-17(27-2)20(16)28-3)12-18(23)21-13-15-6-7-19(29-15)30(24,25)22-8-4-5-9-22/h6-7,10-11H,4-5,8-9,12-13H2,1-3H3,(H,21,23). The molecule has 8 nitrogen and oxygen atoms in total. The second kappa shape index (κ2) is 9.67. The number of benzene rings is 1. The molecule has 164 valence electrons. The molecule has 0 saturated carbocycles. The zero-order valence-corrected chi connectivity index (χ0v) is 18.9. The Hall–Kier alpha value is -2.30. The number of sulfonamides is 1. The summed E-state index contributed by atoms with van der Waals surface area (Å²) >= 11 is 1.19. The first-order chi connectivity index (χ1) is 14.4. The Kier molecular flexibility index (Phi) is 7.22. The molecule has 1 aliphatic heterocycles. The van der Waals surface area contributed by atoms with Crippen molar-refractivity contribution in [3.05, 3.63) is 34.7 Å². The summed E-state index contributed by atoms with van der Waals surface area (Å²) in [4.78, 5) is 13.2. The molecule has 0 bridgehead atoms. The molecule has 1 aromatic carbocycles. The van der Waals surface area contributed by atoms with Gasteiger partial charge in [-0.1, -0.05) is 0 Å². The van der Waals surface area contributed by atoms with Gasteiger partial charge in [0.25, 0.3) is 10.0 Å². The maximum Gasteiger partial charge on any atom is 0.252 e. The van der Waals surface area contributed by atoms with Gasteiger partial charge in [0.05, 0.1) is 34.3 Å². The van der Waals surface area contributed by atoms with Gasteiger partial charge >= 0.3 is 0 Å². The number of rotatable bonds is 9. The average Bonchev–Trinajstić information content (AvgIpc) is 3.44. The summed E-state index contributed by atoms with van der Waals surface area (Å²) in [6.07, 6.45) is 1.92. The van der Waals surface area contributed by atoms with Gasteiger partial charge in [0.15, 0.2) is 11.5 Å². The van der Waals surface area contributed by atoms with E-state index in [9.17, 15) is 13.2 Å². The largest absolute Gasteiger partial charge is 0.493 e. The minimum absolute atomic E-state index is 0.126. The first-order valence-electron chi connectivity index (χ1n) is 9.53. The summed E-state index contributed by atoms with van der Waals surface area (Å²) in [5.74, 6) is 1.24. The molecule has 2 heterocycles. The highest BCUT2D eigenvalue weighted by Gasteiger charge is 2.28. The van der Waals surface area contributed by atoms with Crippen LogP contribution in [0.15, 0.2) is 28.5 Å². The molecule has 1 aliphatic rings. The van der Waals surface area contributed by atoms with Crippen LogP contribution in [0.3, 0.4) is 0 Å². The minimum Gasteiger partial charge on any atom is -0.493 e. The zero-order valence-electron chi connectivity index (χ0n) is 17.3. The smallest absolute Gasteiger partial charge is 0.252 e. The Morgan fingerprint density at radius 1 is 1.07 bits per heavy atom. The van der Waals surface area contributed by atoms with Crippen molar-refractivity contribution >= 4 is 27.3 Å². The quantitative estimate of drug-likeness (QED) is 0.625. The van der Waals surface area contributed by atoms with Gasteiger partial charge in [0, 0.05) is 18.0 Å². The number of carbonyl (C=O) groups is 1. The van der Waals surface area contributed by atoms with Crippen molar-refractivity contribution in [1.29, 1.82) is 0 Å². The van der Waals surface area contributed by atoms with Crippen LogP contribution in [-0.4, -0.2) is 53.0 Å². The number of nitrogens with one attached hydrogen (secondary N) is 1. The molecule has 30 heavy (non-hydrogen) atoms. The van der Waals surface area contributed by atoms with E-state index in [-0.39, 0.29) is 18.9 Å². The molecule has 0 radical (unpaired) electrons. The molecule has 1 fully saturated rings. The number of methoxy groups -OCH3 is 3. The summed E-state index contributed by atoms with van der Waals surface area (Å²) in [5, 5.41) is 2.84. The van der Waals surface area contributed by atoms with Crippen LogP contribution in [0.5, 0.6) is 17.2 Å². The van der Waals surface area contributed by atoms with E-state index in [2.05, 4.69) is 5.32 Å². The molecule has 1 aromatic heterocycles. The van der Waals surface area contributed by atoms with Crippen LogP contribution in [0.2, 0.25) is 0 Å². The van der Waals surface area contributed by atoms with E-state index >= 15 is 0 Å². The van der Waals surface area contributed by atoms with Crippen LogP contribution in [0.4, 0.5) is 0 Å². The number of thiophene rings is 1. The third-order valence-corrected chi connectivity index (χ3v) is 8.30. The second-order valence-corrected chi connectivity index (χ2v) is 10.2. The fourth-order valence-corrected chi connectivity index (χ4v) is 6.29. The number of hydrogen-bond acceptors (Lipinski definition) is 7. The monoisotopic (exact) mass is 454 g/mol. The number of amides is 1. The van der Waals surface area contributed by atoms with Crippen molar-refractivity contribution in [2.45, 2.75) is 30.0 Å². The lowest BCUT2D eigenvalue weighted by molar-refractivity contribution is -0.120. The number of carbonyl (C=O) groups excluding carboxylic acids is 1. The Balaban J connectivity index is 1.62. The normalized spacial score (nSPS) is 14.5. The summed E-state index contributed by atoms with van der Waals surface area (Å²) in [6, 6.07) is 6.81. The van der Waals surface area contributed by atoms with Crippen LogP contribution in [-0.2, 0) is 27.8 Å². The fourth-order valence-electron chi connectivity index (χ4n) is 3.32. The third kappa shape index (κ3) is 4.88. The van der Waals surface area contributed by atoms with E-state index in [1.165, 1.54) is 37.0 Å². The molecule has 2 aromatic rings. The first kappa shape index (κ1) is 22.4. The van der Waals surface area contributed by atoms with Crippen molar-refractivity contribution in [3.8, 4) is 17.2 Å². The van der Waals surface area contributed by atoms with Crippen molar-refractivity contribution in [2.24, 2.45) is 0 Å². The van der Waals surface area contributed by atoms with Crippen molar-refractivity contribution in [1.82, 2.24) is 9.62 Å². The molecule has 0 atom stereocenters. The molecule has 10 heteroatoms. The van der Waals surface area contributed by atoms with Crippen molar-refractivity contribution in [3.63, 3.8) is 0 Å². The van der Waals surface area contributed by atoms with Gasteiger partial charge in [-0.25, -0.2) is 8.42 Å². The number of hydrogen-bond donors (Lipinski definition) is 1. The van der Waals surface area contributed by atoms with E-state index in [4.69, 9.17) is 14.2 Å². The molecule has 3 rings (SSSR count). The summed E-state index contributed by atoms with van der Waals surface area (Å²) in [7, 11) is 1.13. The molecule has 0 unspecified atom stereocenters. The Labute approximate surface area is 180 Å². The van der Waals surface area contributed by atoms with E-state index < -0.39 is 10.0 Å². The van der Waals surface area contributed by atoms with E-state index in [0.717, 1.165) is 17.7 Å². The van der Waals surface area contributed by atoms with Crippen LogP contribution >= 0.6 is 11.3 Å². The highest BCUT2D eigenvalue weighted by atomic mass is 32.2. The molecular formula is C20H26N2O6S2. The first-order valence-corrected chi connectivity index (χ1v) is 11.8. The van der Waals surface area contributed by atoms with Gasteiger partial charge in [-0.2, -0.15) is 4.31 Å². The molecular weight excluding hydrogens is 428 g/mol. The fraction of sp³-hybridized carbons (Fsp3) is 0.450. The predicted octanol–water partition coefficient (Wildman–Crippen LogP) is 2.42. The van der Waals surface area contributed by atoms with Crippen LogP contribution in [0.25, 0.3) is 0 Å². The highest BCUT2D eigenvalue weighted by molar-refractivity contribution is 7.91. The second-order valence-electron chi connectivity index (χ2n) is 6.82. The zero-order chi connectivity index (χ0) is 21.7. The SMILES string of the molecule is COc1cc(CC(=O)NCc2ccc(S(=O)(=O)N3CCCC3)s2)cc(OC)c1OC. The third-order valence-electron chi connectivity index (χ3n) is 4.85. The Morgan fingerprint density at radius 2 is 1.70 bits per heavy atom. The molecule has 0 spiro atoms. The van der Waals surface area contributed by atoms with Gasteiger partial charge in [-0.3, -0.25) is 4.79 Å².